The smallest absolute Gasteiger partial charge is 0.172 e. The Morgan fingerprint density at radius 3 is 2.54 bits per heavy atom. The molecule has 0 aliphatic rings. The Morgan fingerprint density at radius 2 is 1.88 bits per heavy atom. The van der Waals surface area contributed by atoms with Crippen molar-refractivity contribution in [3.63, 3.8) is 0 Å². The Balaban J connectivity index is 2.03. The lowest BCUT2D eigenvalue weighted by Crippen LogP contribution is -2.17. The third-order valence-electron chi connectivity index (χ3n) is 4.02. The minimum atomic E-state index is 0.661. The number of methoxy groups -OCH3 is 2. The fourth-order valence-electron chi connectivity index (χ4n) is 2.71. The fourth-order valence-corrected chi connectivity index (χ4v) is 3.37. The predicted molar refractivity (Wildman–Crippen MR) is 108 cm³/mol. The number of rotatable bonds is 8. The van der Waals surface area contributed by atoms with Gasteiger partial charge in [0, 0.05) is 18.0 Å². The van der Waals surface area contributed by atoms with Gasteiger partial charge in [-0.1, -0.05) is 6.07 Å². The maximum atomic E-state index is 5.45. The summed E-state index contributed by atoms with van der Waals surface area (Å²) in [5, 5.41) is 6.42. The molecule has 2 aromatic heterocycles. The molecule has 0 saturated heterocycles. The SMILES string of the molecule is COc1cc2nc(-c3cccs3)nc(NCCCN(C)C)c2cc1OC. The highest BCUT2D eigenvalue weighted by atomic mass is 32.1. The number of thiophene rings is 1. The van der Waals surface area contributed by atoms with Gasteiger partial charge in [0.1, 0.15) is 5.82 Å². The Kier molecular flexibility index (Phi) is 5.90. The summed E-state index contributed by atoms with van der Waals surface area (Å²) in [5.41, 5.74) is 0.830. The van der Waals surface area contributed by atoms with Crippen LogP contribution in [0.15, 0.2) is 29.6 Å². The lowest BCUT2D eigenvalue weighted by Gasteiger charge is -2.14. The van der Waals surface area contributed by atoms with E-state index >= 15 is 0 Å². The highest BCUT2D eigenvalue weighted by Gasteiger charge is 2.14. The third-order valence-corrected chi connectivity index (χ3v) is 4.88. The summed E-state index contributed by atoms with van der Waals surface area (Å²) in [6, 6.07) is 7.87. The third kappa shape index (κ3) is 4.05. The number of benzene rings is 1. The van der Waals surface area contributed by atoms with E-state index in [1.54, 1.807) is 25.6 Å². The van der Waals surface area contributed by atoms with Crippen LogP contribution in [0.4, 0.5) is 5.82 Å². The van der Waals surface area contributed by atoms with Crippen LogP contribution in [0.5, 0.6) is 11.5 Å². The Bertz CT molecular complexity index is 866. The average Bonchev–Trinajstić information content (AvgIpc) is 3.18. The molecule has 0 unspecified atom stereocenters. The predicted octanol–water partition coefficient (Wildman–Crippen LogP) is 3.74. The van der Waals surface area contributed by atoms with Gasteiger partial charge in [0.05, 0.1) is 24.6 Å². The van der Waals surface area contributed by atoms with Crippen molar-refractivity contribution in [3.8, 4) is 22.2 Å². The first-order chi connectivity index (χ1) is 12.6. The summed E-state index contributed by atoms with van der Waals surface area (Å²) < 4.78 is 10.9. The Hall–Kier alpha value is -2.38. The van der Waals surface area contributed by atoms with E-state index in [2.05, 4.69) is 24.3 Å². The lowest BCUT2D eigenvalue weighted by atomic mass is 10.2. The van der Waals surface area contributed by atoms with Crippen LogP contribution in [0, 0.1) is 0 Å². The molecule has 3 rings (SSSR count). The van der Waals surface area contributed by atoms with Gasteiger partial charge in [-0.25, -0.2) is 9.97 Å². The summed E-state index contributed by atoms with van der Waals surface area (Å²) >= 11 is 1.63. The second kappa shape index (κ2) is 8.33. The number of nitrogens with one attached hydrogen (secondary N) is 1. The van der Waals surface area contributed by atoms with E-state index in [-0.39, 0.29) is 0 Å². The van der Waals surface area contributed by atoms with E-state index in [0.29, 0.717) is 11.5 Å². The van der Waals surface area contributed by atoms with Crippen LogP contribution in [-0.2, 0) is 0 Å². The molecule has 0 radical (unpaired) electrons. The van der Waals surface area contributed by atoms with Crippen molar-refractivity contribution in [1.82, 2.24) is 14.9 Å². The van der Waals surface area contributed by atoms with Gasteiger partial charge >= 0.3 is 0 Å². The maximum Gasteiger partial charge on any atom is 0.172 e. The summed E-state index contributed by atoms with van der Waals surface area (Å²) in [6.45, 7) is 1.85. The van der Waals surface area contributed by atoms with Gasteiger partial charge in [-0.05, 0) is 44.6 Å². The molecule has 2 heterocycles. The number of hydrogen-bond acceptors (Lipinski definition) is 7. The van der Waals surface area contributed by atoms with Crippen LogP contribution in [0.1, 0.15) is 6.42 Å². The van der Waals surface area contributed by atoms with Crippen LogP contribution >= 0.6 is 11.3 Å². The molecule has 0 bridgehead atoms. The molecule has 0 spiro atoms. The molecule has 1 aromatic carbocycles. The molecule has 6 nitrogen and oxygen atoms in total. The minimum Gasteiger partial charge on any atom is -0.493 e. The largest absolute Gasteiger partial charge is 0.493 e. The Morgan fingerprint density at radius 1 is 1.12 bits per heavy atom. The molecular formula is C19H24N4O2S. The first-order valence-electron chi connectivity index (χ1n) is 8.48. The van der Waals surface area contributed by atoms with E-state index in [1.165, 1.54) is 0 Å². The monoisotopic (exact) mass is 372 g/mol. The summed E-state index contributed by atoms with van der Waals surface area (Å²) in [7, 11) is 7.42. The van der Waals surface area contributed by atoms with Crippen molar-refractivity contribution >= 4 is 28.1 Å². The summed E-state index contributed by atoms with van der Waals surface area (Å²) in [4.78, 5) is 12.7. The highest BCUT2D eigenvalue weighted by molar-refractivity contribution is 7.13. The molecule has 0 aliphatic heterocycles. The maximum absolute atomic E-state index is 5.45. The summed E-state index contributed by atoms with van der Waals surface area (Å²) in [5.74, 6) is 2.87. The van der Waals surface area contributed by atoms with E-state index < -0.39 is 0 Å². The molecule has 0 aliphatic carbocycles. The van der Waals surface area contributed by atoms with Crippen molar-refractivity contribution in [2.75, 3.05) is 46.7 Å². The van der Waals surface area contributed by atoms with Gasteiger partial charge in [0.2, 0.25) is 0 Å². The van der Waals surface area contributed by atoms with Crippen LogP contribution in [0.25, 0.3) is 21.6 Å². The van der Waals surface area contributed by atoms with E-state index in [4.69, 9.17) is 19.4 Å². The van der Waals surface area contributed by atoms with Crippen molar-refractivity contribution < 1.29 is 9.47 Å². The molecule has 7 heteroatoms. The molecule has 0 atom stereocenters. The molecule has 0 saturated carbocycles. The van der Waals surface area contributed by atoms with Gasteiger partial charge in [-0.2, -0.15) is 0 Å². The molecule has 1 N–H and O–H groups in total. The zero-order valence-corrected chi connectivity index (χ0v) is 16.4. The first-order valence-corrected chi connectivity index (χ1v) is 9.36. The molecular weight excluding hydrogens is 348 g/mol. The van der Waals surface area contributed by atoms with Crippen LogP contribution in [-0.4, -0.2) is 56.3 Å². The second-order valence-electron chi connectivity index (χ2n) is 6.18. The Labute approximate surface area is 157 Å². The molecule has 138 valence electrons. The molecule has 26 heavy (non-hydrogen) atoms. The van der Waals surface area contributed by atoms with Crippen molar-refractivity contribution in [3.05, 3.63) is 29.6 Å². The lowest BCUT2D eigenvalue weighted by molar-refractivity contribution is 0.356. The van der Waals surface area contributed by atoms with Crippen molar-refractivity contribution in [1.29, 1.82) is 0 Å². The zero-order chi connectivity index (χ0) is 18.5. The van der Waals surface area contributed by atoms with E-state index in [0.717, 1.165) is 46.9 Å². The number of hydrogen-bond donors (Lipinski definition) is 1. The van der Waals surface area contributed by atoms with Gasteiger partial charge in [0.25, 0.3) is 0 Å². The number of nitrogens with zero attached hydrogens (tertiary/aromatic N) is 3. The van der Waals surface area contributed by atoms with Gasteiger partial charge in [0.15, 0.2) is 17.3 Å². The van der Waals surface area contributed by atoms with Gasteiger partial charge in [-0.3, -0.25) is 0 Å². The standard InChI is InChI=1S/C19H24N4O2S/c1-23(2)9-6-8-20-18-13-11-15(24-3)16(25-4)12-14(13)21-19(22-18)17-7-5-10-26-17/h5,7,10-12H,6,8-9H2,1-4H3,(H,20,21,22). The highest BCUT2D eigenvalue weighted by Crippen LogP contribution is 2.35. The van der Waals surface area contributed by atoms with Crippen molar-refractivity contribution in [2.45, 2.75) is 6.42 Å². The van der Waals surface area contributed by atoms with Gasteiger partial charge < -0.3 is 19.7 Å². The van der Waals surface area contributed by atoms with Crippen molar-refractivity contribution in [2.24, 2.45) is 0 Å². The average molecular weight is 372 g/mol. The number of aromatic nitrogens is 2. The van der Waals surface area contributed by atoms with Crippen LogP contribution < -0.4 is 14.8 Å². The van der Waals surface area contributed by atoms with Gasteiger partial charge in [-0.15, -0.1) is 11.3 Å². The van der Waals surface area contributed by atoms with Crippen LogP contribution in [0.3, 0.4) is 0 Å². The zero-order valence-electron chi connectivity index (χ0n) is 15.6. The minimum absolute atomic E-state index is 0.661. The molecule has 0 amide bonds. The van der Waals surface area contributed by atoms with E-state index in [1.807, 2.05) is 29.6 Å². The van der Waals surface area contributed by atoms with Crippen LogP contribution in [0.2, 0.25) is 0 Å². The number of fused-ring (bicyclic) bond motifs is 1. The molecule has 3 aromatic rings. The number of ether oxygens (including phenoxy) is 2. The first kappa shape index (κ1) is 18.4. The van der Waals surface area contributed by atoms with E-state index in [9.17, 15) is 0 Å². The normalized spacial score (nSPS) is 11.1. The summed E-state index contributed by atoms with van der Waals surface area (Å²) in [6.07, 6.45) is 1.03. The quantitative estimate of drug-likeness (QED) is 0.608. The molecule has 0 fully saturated rings. The fraction of sp³-hybridized carbons (Fsp3) is 0.368. The number of anilines is 1. The second-order valence-corrected chi connectivity index (χ2v) is 7.13. The topological polar surface area (TPSA) is 59.5 Å².